The quantitative estimate of drug-likeness (QED) is 0.362. The van der Waals surface area contributed by atoms with Crippen LogP contribution in [0.4, 0.5) is 32.0 Å². The summed E-state index contributed by atoms with van der Waals surface area (Å²) in [7, 11) is 0. The molecule has 0 saturated heterocycles. The number of H-pyrrole nitrogens is 1. The van der Waals surface area contributed by atoms with Gasteiger partial charge >= 0.3 is 18.3 Å². The maximum absolute atomic E-state index is 13.7. The molecule has 3 aromatic rings. The van der Waals surface area contributed by atoms with Crippen molar-refractivity contribution >= 4 is 22.6 Å². The number of halogens is 6. The van der Waals surface area contributed by atoms with Gasteiger partial charge in [-0.25, -0.2) is 0 Å². The molecule has 0 saturated carbocycles. The number of ether oxygens (including phenoxy) is 1. The maximum atomic E-state index is 13.7. The minimum absolute atomic E-state index is 0.0510. The van der Waals surface area contributed by atoms with Crippen LogP contribution in [0, 0.1) is 0 Å². The number of aromatic nitrogens is 1. The van der Waals surface area contributed by atoms with E-state index in [4.69, 9.17) is 9.84 Å². The Morgan fingerprint density at radius 2 is 1.66 bits per heavy atom. The van der Waals surface area contributed by atoms with Crippen LogP contribution in [0.3, 0.4) is 0 Å². The topological polar surface area (TPSA) is 74.3 Å². The van der Waals surface area contributed by atoms with Crippen LogP contribution >= 0.6 is 0 Å². The molecule has 0 aliphatic rings. The number of aromatic amines is 1. The number of nitrogens with one attached hydrogen (secondary N) is 2. The van der Waals surface area contributed by atoms with Crippen molar-refractivity contribution in [2.24, 2.45) is 0 Å². The Morgan fingerprint density at radius 3 is 2.16 bits per heavy atom. The van der Waals surface area contributed by atoms with E-state index in [9.17, 15) is 31.1 Å². The van der Waals surface area contributed by atoms with Crippen molar-refractivity contribution in [2.45, 2.75) is 32.1 Å². The number of alkyl halides is 6. The van der Waals surface area contributed by atoms with E-state index in [-0.39, 0.29) is 11.7 Å². The summed E-state index contributed by atoms with van der Waals surface area (Å²) in [5, 5.41) is 11.3. The number of benzene rings is 2. The molecule has 0 atom stereocenters. The predicted molar refractivity (Wildman–Crippen MR) is 105 cm³/mol. The molecule has 0 radical (unpaired) electrons. The molecule has 0 bridgehead atoms. The van der Waals surface area contributed by atoms with E-state index in [0.29, 0.717) is 23.0 Å². The second-order valence-electron chi connectivity index (χ2n) is 7.35. The summed E-state index contributed by atoms with van der Waals surface area (Å²) in [6.07, 6.45) is -8.68. The number of anilines is 1. The van der Waals surface area contributed by atoms with E-state index < -0.39 is 47.4 Å². The van der Waals surface area contributed by atoms with Gasteiger partial charge in [0, 0.05) is 22.8 Å². The Hall–Kier alpha value is -3.37. The molecule has 32 heavy (non-hydrogen) atoms. The largest absolute Gasteiger partial charge is 0.480 e. The van der Waals surface area contributed by atoms with Gasteiger partial charge in [-0.05, 0) is 41.8 Å². The summed E-state index contributed by atoms with van der Waals surface area (Å²) in [5.41, 5.74) is -2.54. The van der Waals surface area contributed by atoms with E-state index in [2.05, 4.69) is 4.98 Å². The highest BCUT2D eigenvalue weighted by Gasteiger charge is 2.43. The third-order valence-corrected chi connectivity index (χ3v) is 4.67. The smallest absolute Gasteiger partial charge is 0.420 e. The predicted octanol–water partition coefficient (Wildman–Crippen LogP) is 6.62. The Balaban J connectivity index is 2.16. The second kappa shape index (κ2) is 8.29. The number of aliphatic carboxylic acids is 1. The van der Waals surface area contributed by atoms with Crippen LogP contribution in [-0.4, -0.2) is 22.6 Å². The average molecular weight is 460 g/mol. The van der Waals surface area contributed by atoms with Crippen LogP contribution < -0.4 is 10.1 Å². The maximum Gasteiger partial charge on any atom is 0.420 e. The van der Waals surface area contributed by atoms with Gasteiger partial charge < -0.3 is 20.1 Å². The first-order chi connectivity index (χ1) is 14.8. The van der Waals surface area contributed by atoms with Crippen LogP contribution in [0.25, 0.3) is 10.9 Å². The molecule has 2 aromatic carbocycles. The molecule has 1 heterocycles. The fourth-order valence-corrected chi connectivity index (χ4v) is 3.22. The molecule has 0 amide bonds. The number of hydrogen-bond acceptors (Lipinski definition) is 3. The van der Waals surface area contributed by atoms with Gasteiger partial charge in [-0.15, -0.1) is 0 Å². The SMILES string of the molecule is CC(C)c1c[nH]c2ccc(Oc3c(C(F)(F)F)cc(NCC(=O)O)cc3C(F)(F)F)cc12. The molecule has 0 unspecified atom stereocenters. The zero-order valence-corrected chi connectivity index (χ0v) is 16.8. The van der Waals surface area contributed by atoms with Gasteiger partial charge in [-0.2, -0.15) is 26.3 Å². The summed E-state index contributed by atoms with van der Waals surface area (Å²) in [6.45, 7) is 2.92. The van der Waals surface area contributed by atoms with Crippen molar-refractivity contribution in [1.29, 1.82) is 0 Å². The van der Waals surface area contributed by atoms with Crippen molar-refractivity contribution in [2.75, 3.05) is 11.9 Å². The number of carboxylic acid groups (broad SMARTS) is 1. The molecule has 5 nitrogen and oxygen atoms in total. The molecule has 11 heteroatoms. The van der Waals surface area contributed by atoms with Gasteiger partial charge in [0.15, 0.2) is 5.75 Å². The number of rotatable bonds is 6. The van der Waals surface area contributed by atoms with E-state index in [0.717, 1.165) is 5.56 Å². The van der Waals surface area contributed by atoms with E-state index in [1.165, 1.54) is 18.2 Å². The van der Waals surface area contributed by atoms with Crippen LogP contribution in [0.1, 0.15) is 36.5 Å². The fraction of sp³-hybridized carbons (Fsp3) is 0.286. The van der Waals surface area contributed by atoms with Crippen LogP contribution in [-0.2, 0) is 17.1 Å². The van der Waals surface area contributed by atoms with Crippen LogP contribution in [0.2, 0.25) is 0 Å². The highest BCUT2D eigenvalue weighted by atomic mass is 19.4. The van der Waals surface area contributed by atoms with Gasteiger partial charge in [-0.3, -0.25) is 4.79 Å². The van der Waals surface area contributed by atoms with Crippen LogP contribution in [0.15, 0.2) is 36.5 Å². The minimum Gasteiger partial charge on any atom is -0.480 e. The standard InChI is InChI=1S/C21H18F6N2O3/c1-10(2)14-8-29-17-4-3-12(7-13(14)17)32-19-15(20(22,23)24)5-11(28-9-18(30)31)6-16(19)21(25,26)27/h3-8,10,28-29H,9H2,1-2H3,(H,30,31). The monoisotopic (exact) mass is 460 g/mol. The van der Waals surface area contributed by atoms with Crippen molar-refractivity contribution in [3.05, 3.63) is 53.2 Å². The molecular formula is C21H18F6N2O3. The molecule has 0 aliphatic heterocycles. The zero-order valence-electron chi connectivity index (χ0n) is 16.8. The normalized spacial score (nSPS) is 12.4. The van der Waals surface area contributed by atoms with E-state index >= 15 is 0 Å². The molecule has 172 valence electrons. The first kappa shape index (κ1) is 23.3. The number of carboxylic acids is 1. The molecule has 0 aliphatic carbocycles. The molecule has 0 spiro atoms. The second-order valence-corrected chi connectivity index (χ2v) is 7.35. The molecule has 1 aromatic heterocycles. The zero-order chi connectivity index (χ0) is 23.8. The third-order valence-electron chi connectivity index (χ3n) is 4.67. The summed E-state index contributed by atoms with van der Waals surface area (Å²) < 4.78 is 87.2. The van der Waals surface area contributed by atoms with Gasteiger partial charge in [0.1, 0.15) is 23.4 Å². The lowest BCUT2D eigenvalue weighted by atomic mass is 10.0. The Morgan fingerprint density at radius 1 is 1.06 bits per heavy atom. The fourth-order valence-electron chi connectivity index (χ4n) is 3.22. The average Bonchev–Trinajstić information content (AvgIpc) is 3.08. The summed E-state index contributed by atoms with van der Waals surface area (Å²) in [5.74, 6) is -3.02. The molecule has 3 N–H and O–H groups in total. The van der Waals surface area contributed by atoms with Crippen molar-refractivity contribution in [1.82, 2.24) is 4.98 Å². The van der Waals surface area contributed by atoms with Crippen LogP contribution in [0.5, 0.6) is 11.5 Å². The summed E-state index contributed by atoms with van der Waals surface area (Å²) in [6, 6.07) is 4.92. The lowest BCUT2D eigenvalue weighted by Gasteiger charge is -2.21. The Bertz CT molecular complexity index is 1110. The highest BCUT2D eigenvalue weighted by Crippen LogP contribution is 2.47. The third kappa shape index (κ3) is 4.92. The van der Waals surface area contributed by atoms with Gasteiger partial charge in [-0.1, -0.05) is 13.8 Å². The number of fused-ring (bicyclic) bond motifs is 1. The van der Waals surface area contributed by atoms with Gasteiger partial charge in [0.25, 0.3) is 0 Å². The molecule has 3 rings (SSSR count). The summed E-state index contributed by atoms with van der Waals surface area (Å²) in [4.78, 5) is 13.7. The molecule has 0 fully saturated rings. The van der Waals surface area contributed by atoms with Crippen molar-refractivity contribution in [3.63, 3.8) is 0 Å². The van der Waals surface area contributed by atoms with Crippen molar-refractivity contribution in [3.8, 4) is 11.5 Å². The molecular weight excluding hydrogens is 442 g/mol. The Labute approximate surface area is 178 Å². The van der Waals surface area contributed by atoms with Gasteiger partial charge in [0.2, 0.25) is 0 Å². The Kier molecular flexibility index (Phi) is 6.03. The summed E-state index contributed by atoms with van der Waals surface area (Å²) >= 11 is 0. The minimum atomic E-state index is -5.20. The lowest BCUT2D eigenvalue weighted by molar-refractivity contribution is -0.145. The van der Waals surface area contributed by atoms with E-state index in [1.807, 2.05) is 19.2 Å². The first-order valence-electron chi connectivity index (χ1n) is 9.34. The lowest BCUT2D eigenvalue weighted by Crippen LogP contribution is -2.17. The first-order valence-corrected chi connectivity index (χ1v) is 9.34. The van der Waals surface area contributed by atoms with E-state index in [1.54, 1.807) is 6.20 Å². The highest BCUT2D eigenvalue weighted by molar-refractivity contribution is 5.85. The van der Waals surface area contributed by atoms with Gasteiger partial charge in [0.05, 0.1) is 0 Å². The number of hydrogen-bond donors (Lipinski definition) is 3. The van der Waals surface area contributed by atoms with Crippen molar-refractivity contribution < 1.29 is 41.0 Å². The number of carbonyl (C=O) groups is 1.